The molecule has 0 aliphatic carbocycles. The number of carbonyl (C=O) groups excluding carboxylic acids is 3. The molecule has 0 aromatic heterocycles. The van der Waals surface area contributed by atoms with E-state index in [9.17, 15) is 14.4 Å². The zero-order valence-electron chi connectivity index (χ0n) is 15.4. The van der Waals surface area contributed by atoms with Gasteiger partial charge in [0, 0.05) is 26.1 Å². The zero-order chi connectivity index (χ0) is 18.4. The molecule has 26 heavy (non-hydrogen) atoms. The highest BCUT2D eigenvalue weighted by molar-refractivity contribution is 6.21. The molecule has 1 saturated heterocycles. The molecule has 0 atom stereocenters. The van der Waals surface area contributed by atoms with E-state index in [0.717, 1.165) is 51.6 Å². The molecule has 1 aromatic carbocycles. The van der Waals surface area contributed by atoms with Crippen molar-refractivity contribution in [1.29, 1.82) is 0 Å². The summed E-state index contributed by atoms with van der Waals surface area (Å²) in [7, 11) is 0. The largest absolute Gasteiger partial charge is 0.343 e. The molecule has 2 heterocycles. The average molecular weight is 356 g/mol. The summed E-state index contributed by atoms with van der Waals surface area (Å²) in [6.07, 6.45) is 8.93. The normalized spacial score (nSPS) is 17.4. The Labute approximate surface area is 155 Å². The minimum Gasteiger partial charge on any atom is -0.343 e. The summed E-state index contributed by atoms with van der Waals surface area (Å²) < 4.78 is 0. The van der Waals surface area contributed by atoms with E-state index in [0.29, 0.717) is 24.1 Å². The van der Waals surface area contributed by atoms with Crippen molar-refractivity contribution >= 4 is 17.7 Å². The maximum Gasteiger partial charge on any atom is 0.261 e. The summed E-state index contributed by atoms with van der Waals surface area (Å²) in [6.45, 7) is 2.30. The van der Waals surface area contributed by atoms with Gasteiger partial charge >= 0.3 is 0 Å². The van der Waals surface area contributed by atoms with Gasteiger partial charge in [0.05, 0.1) is 11.1 Å². The number of hydrogen-bond acceptors (Lipinski definition) is 3. The quantitative estimate of drug-likeness (QED) is 0.554. The molecular formula is C21H28N2O3. The highest BCUT2D eigenvalue weighted by Crippen LogP contribution is 2.23. The van der Waals surface area contributed by atoms with Crippen LogP contribution in [-0.2, 0) is 4.79 Å². The number of unbranched alkanes of at least 4 members (excludes halogenated alkanes) is 3. The van der Waals surface area contributed by atoms with E-state index in [-0.39, 0.29) is 17.7 Å². The Morgan fingerprint density at radius 1 is 0.808 bits per heavy atom. The van der Waals surface area contributed by atoms with Crippen LogP contribution in [-0.4, -0.2) is 47.2 Å². The predicted octanol–water partition coefficient (Wildman–Crippen LogP) is 3.64. The molecule has 3 amide bonds. The zero-order valence-corrected chi connectivity index (χ0v) is 15.4. The third-order valence-electron chi connectivity index (χ3n) is 5.36. The minimum absolute atomic E-state index is 0.179. The molecule has 5 nitrogen and oxygen atoms in total. The highest BCUT2D eigenvalue weighted by atomic mass is 16.2. The third kappa shape index (κ3) is 4.32. The average Bonchev–Trinajstić information content (AvgIpc) is 2.86. The number of rotatable bonds is 7. The van der Waals surface area contributed by atoms with E-state index in [1.807, 2.05) is 4.90 Å². The van der Waals surface area contributed by atoms with Crippen LogP contribution in [0.4, 0.5) is 0 Å². The Morgan fingerprint density at radius 2 is 1.38 bits per heavy atom. The standard InChI is InChI=1S/C21H28N2O3/c24-19(22-14-8-3-4-9-15-22)13-5-1-2-10-16-23-20(25)17-11-6-7-12-18(17)21(23)26/h6-7,11-12H,1-5,8-10,13-16H2. The van der Waals surface area contributed by atoms with E-state index in [1.54, 1.807) is 24.3 Å². The van der Waals surface area contributed by atoms with Crippen molar-refractivity contribution in [3.8, 4) is 0 Å². The number of nitrogens with zero attached hydrogens (tertiary/aromatic N) is 2. The number of benzene rings is 1. The first-order valence-electron chi connectivity index (χ1n) is 9.91. The Kier molecular flexibility index (Phi) is 6.42. The second kappa shape index (κ2) is 8.97. The first-order valence-corrected chi connectivity index (χ1v) is 9.91. The van der Waals surface area contributed by atoms with Crippen molar-refractivity contribution in [2.45, 2.75) is 57.8 Å². The molecule has 0 radical (unpaired) electrons. The van der Waals surface area contributed by atoms with Crippen LogP contribution in [0.3, 0.4) is 0 Å². The van der Waals surface area contributed by atoms with Gasteiger partial charge in [-0.1, -0.05) is 37.8 Å². The number of likely N-dealkylation sites (tertiary alicyclic amines) is 1. The molecule has 0 unspecified atom stereocenters. The summed E-state index contributed by atoms with van der Waals surface area (Å²) in [5, 5.41) is 0. The SMILES string of the molecule is O=C(CCCCCCN1C(=O)c2ccccc2C1=O)N1CCCCCC1. The number of amides is 3. The molecule has 0 spiro atoms. The summed E-state index contributed by atoms with van der Waals surface area (Å²) >= 11 is 0. The summed E-state index contributed by atoms with van der Waals surface area (Å²) in [5.41, 5.74) is 1.03. The van der Waals surface area contributed by atoms with Crippen LogP contribution in [0.2, 0.25) is 0 Å². The molecule has 0 bridgehead atoms. The lowest BCUT2D eigenvalue weighted by atomic mass is 10.1. The second-order valence-corrected chi connectivity index (χ2v) is 7.27. The lowest BCUT2D eigenvalue weighted by Gasteiger charge is -2.20. The lowest BCUT2D eigenvalue weighted by Crippen LogP contribution is -2.31. The van der Waals surface area contributed by atoms with Gasteiger partial charge in [0.1, 0.15) is 0 Å². The highest BCUT2D eigenvalue weighted by Gasteiger charge is 2.34. The second-order valence-electron chi connectivity index (χ2n) is 7.27. The van der Waals surface area contributed by atoms with Crippen LogP contribution in [0.25, 0.3) is 0 Å². The molecule has 1 aromatic rings. The van der Waals surface area contributed by atoms with Crippen molar-refractivity contribution in [2.75, 3.05) is 19.6 Å². The van der Waals surface area contributed by atoms with Gasteiger partial charge in [-0.15, -0.1) is 0 Å². The fraction of sp³-hybridized carbons (Fsp3) is 0.571. The van der Waals surface area contributed by atoms with Gasteiger partial charge in [-0.3, -0.25) is 19.3 Å². The van der Waals surface area contributed by atoms with Crippen molar-refractivity contribution in [2.24, 2.45) is 0 Å². The first-order chi connectivity index (χ1) is 12.7. The molecule has 140 valence electrons. The van der Waals surface area contributed by atoms with E-state index in [2.05, 4.69) is 0 Å². The predicted molar refractivity (Wildman–Crippen MR) is 99.9 cm³/mol. The van der Waals surface area contributed by atoms with Gasteiger partial charge in [-0.2, -0.15) is 0 Å². The van der Waals surface area contributed by atoms with Crippen molar-refractivity contribution < 1.29 is 14.4 Å². The Bertz CT molecular complexity index is 628. The van der Waals surface area contributed by atoms with Crippen LogP contribution < -0.4 is 0 Å². The van der Waals surface area contributed by atoms with E-state index in [1.165, 1.54) is 17.7 Å². The van der Waals surface area contributed by atoms with E-state index >= 15 is 0 Å². The lowest BCUT2D eigenvalue weighted by molar-refractivity contribution is -0.131. The monoisotopic (exact) mass is 356 g/mol. The maximum absolute atomic E-state index is 12.3. The summed E-state index contributed by atoms with van der Waals surface area (Å²) in [4.78, 5) is 40.2. The van der Waals surface area contributed by atoms with Crippen LogP contribution in [0.5, 0.6) is 0 Å². The molecule has 0 saturated carbocycles. The van der Waals surface area contributed by atoms with Crippen LogP contribution in [0.15, 0.2) is 24.3 Å². The van der Waals surface area contributed by atoms with Gasteiger partial charge in [-0.25, -0.2) is 0 Å². The Hall–Kier alpha value is -2.17. The third-order valence-corrected chi connectivity index (χ3v) is 5.36. The van der Waals surface area contributed by atoms with Crippen molar-refractivity contribution in [3.05, 3.63) is 35.4 Å². The Balaban J connectivity index is 1.33. The topological polar surface area (TPSA) is 57.7 Å². The fourth-order valence-electron chi connectivity index (χ4n) is 3.82. The molecule has 3 rings (SSSR count). The van der Waals surface area contributed by atoms with Crippen LogP contribution >= 0.6 is 0 Å². The van der Waals surface area contributed by atoms with Crippen molar-refractivity contribution in [1.82, 2.24) is 9.80 Å². The van der Waals surface area contributed by atoms with Gasteiger partial charge in [-0.05, 0) is 37.8 Å². The first kappa shape index (κ1) is 18.6. The number of hydrogen-bond donors (Lipinski definition) is 0. The van der Waals surface area contributed by atoms with Gasteiger partial charge in [0.25, 0.3) is 11.8 Å². The Morgan fingerprint density at radius 3 is 2.00 bits per heavy atom. The number of carbonyl (C=O) groups is 3. The maximum atomic E-state index is 12.3. The van der Waals surface area contributed by atoms with Crippen LogP contribution in [0, 0.1) is 0 Å². The van der Waals surface area contributed by atoms with Crippen molar-refractivity contribution in [3.63, 3.8) is 0 Å². The summed E-state index contributed by atoms with van der Waals surface area (Å²) in [6, 6.07) is 7.00. The molecule has 2 aliphatic heterocycles. The molecule has 1 fully saturated rings. The molecule has 5 heteroatoms. The van der Waals surface area contributed by atoms with Crippen LogP contribution in [0.1, 0.15) is 78.5 Å². The van der Waals surface area contributed by atoms with E-state index < -0.39 is 0 Å². The molecule has 2 aliphatic rings. The molecular weight excluding hydrogens is 328 g/mol. The van der Waals surface area contributed by atoms with Gasteiger partial charge < -0.3 is 4.90 Å². The minimum atomic E-state index is -0.179. The van der Waals surface area contributed by atoms with E-state index in [4.69, 9.17) is 0 Å². The fourth-order valence-corrected chi connectivity index (χ4v) is 3.82. The van der Waals surface area contributed by atoms with Gasteiger partial charge in [0.15, 0.2) is 0 Å². The molecule has 0 N–H and O–H groups in total. The summed E-state index contributed by atoms with van der Waals surface area (Å²) in [5.74, 6) is -0.0730. The number of fused-ring (bicyclic) bond motifs is 1. The van der Waals surface area contributed by atoms with Gasteiger partial charge in [0.2, 0.25) is 5.91 Å². The smallest absolute Gasteiger partial charge is 0.261 e. The number of imide groups is 1.